The van der Waals surface area contributed by atoms with E-state index in [-0.39, 0.29) is 0 Å². The first-order valence-corrected chi connectivity index (χ1v) is 10.0. The van der Waals surface area contributed by atoms with Gasteiger partial charge in [0.1, 0.15) is 0 Å². The van der Waals surface area contributed by atoms with Crippen molar-refractivity contribution in [3.63, 3.8) is 0 Å². The Bertz CT molecular complexity index is 721. The Morgan fingerprint density at radius 2 is 1.29 bits per heavy atom. The van der Waals surface area contributed by atoms with E-state index in [0.29, 0.717) is 11.8 Å². The Labute approximate surface area is 145 Å². The van der Waals surface area contributed by atoms with Gasteiger partial charge in [0, 0.05) is 0 Å². The molecule has 2 aromatic rings. The van der Waals surface area contributed by atoms with Gasteiger partial charge in [-0.15, -0.1) is 0 Å². The van der Waals surface area contributed by atoms with Crippen molar-refractivity contribution < 1.29 is 5.11 Å². The minimum absolute atomic E-state index is 0.477. The molecule has 0 aliphatic heterocycles. The van der Waals surface area contributed by atoms with Gasteiger partial charge in [-0.05, 0) is 65.7 Å². The molecule has 0 saturated heterocycles. The number of hydrogen-bond acceptors (Lipinski definition) is 1. The molecular weight excluding hydrogens is 292 g/mol. The van der Waals surface area contributed by atoms with Crippen LogP contribution >= 0.6 is 0 Å². The Morgan fingerprint density at radius 3 is 2.00 bits per heavy atom. The van der Waals surface area contributed by atoms with Gasteiger partial charge in [-0.1, -0.05) is 68.1 Å². The van der Waals surface area contributed by atoms with E-state index in [2.05, 4.69) is 42.5 Å². The molecule has 2 aromatic carbocycles. The fraction of sp³-hybridized carbons (Fsp3) is 0.565. The van der Waals surface area contributed by atoms with Gasteiger partial charge < -0.3 is 5.11 Å². The Hall–Kier alpha value is -1.34. The summed E-state index contributed by atoms with van der Waals surface area (Å²) in [5.41, 5.74) is 0.628. The molecule has 0 heterocycles. The van der Waals surface area contributed by atoms with Gasteiger partial charge in [-0.2, -0.15) is 0 Å². The molecule has 1 heteroatoms. The van der Waals surface area contributed by atoms with Crippen molar-refractivity contribution in [3.8, 4) is 0 Å². The molecule has 0 spiro atoms. The van der Waals surface area contributed by atoms with Gasteiger partial charge >= 0.3 is 0 Å². The minimum Gasteiger partial charge on any atom is -0.385 e. The molecule has 3 saturated carbocycles. The summed E-state index contributed by atoms with van der Waals surface area (Å²) in [5.74, 6) is 2.47. The van der Waals surface area contributed by atoms with E-state index < -0.39 is 5.60 Å². The summed E-state index contributed by atoms with van der Waals surface area (Å²) in [5, 5.41) is 14.8. The first-order valence-electron chi connectivity index (χ1n) is 10.0. The van der Waals surface area contributed by atoms with E-state index in [1.807, 2.05) is 0 Å². The molecule has 1 unspecified atom stereocenters. The third-order valence-corrected chi connectivity index (χ3v) is 7.54. The third kappa shape index (κ3) is 1.97. The van der Waals surface area contributed by atoms with Crippen LogP contribution in [-0.4, -0.2) is 5.11 Å². The van der Waals surface area contributed by atoms with Gasteiger partial charge in [0.15, 0.2) is 0 Å². The zero-order chi connectivity index (χ0) is 16.1. The maximum atomic E-state index is 12.3. The first-order chi connectivity index (χ1) is 11.8. The van der Waals surface area contributed by atoms with Crippen molar-refractivity contribution in [2.75, 3.05) is 0 Å². The molecule has 0 radical (unpaired) electrons. The van der Waals surface area contributed by atoms with Gasteiger partial charge in [0.25, 0.3) is 0 Å². The monoisotopic (exact) mass is 320 g/mol. The highest BCUT2D eigenvalue weighted by molar-refractivity contribution is 5.86. The highest BCUT2D eigenvalue weighted by Gasteiger charge is 2.60. The van der Waals surface area contributed by atoms with Crippen molar-refractivity contribution >= 4 is 10.8 Å². The van der Waals surface area contributed by atoms with Crippen molar-refractivity contribution in [2.45, 2.75) is 57.0 Å². The van der Waals surface area contributed by atoms with Crippen LogP contribution in [0.3, 0.4) is 0 Å². The molecule has 0 bridgehead atoms. The van der Waals surface area contributed by atoms with Crippen LogP contribution in [0.25, 0.3) is 10.8 Å². The molecule has 5 rings (SSSR count). The van der Waals surface area contributed by atoms with Crippen LogP contribution < -0.4 is 0 Å². The molecule has 24 heavy (non-hydrogen) atoms. The minimum atomic E-state index is -0.600. The van der Waals surface area contributed by atoms with Gasteiger partial charge in [0.2, 0.25) is 0 Å². The van der Waals surface area contributed by atoms with Crippen LogP contribution in [-0.2, 0) is 5.60 Å². The predicted molar refractivity (Wildman–Crippen MR) is 98.7 cm³/mol. The normalized spacial score (nSPS) is 38.7. The molecule has 1 N–H and O–H groups in total. The smallest absolute Gasteiger partial charge is 0.0964 e. The van der Waals surface area contributed by atoms with Gasteiger partial charge in [-0.25, -0.2) is 0 Å². The van der Waals surface area contributed by atoms with E-state index in [1.165, 1.54) is 67.7 Å². The van der Waals surface area contributed by atoms with Crippen LogP contribution in [0, 0.1) is 23.7 Å². The summed E-state index contributed by atoms with van der Waals surface area (Å²) in [6.45, 7) is 0. The highest BCUT2D eigenvalue weighted by atomic mass is 16.3. The second kappa shape index (κ2) is 5.59. The van der Waals surface area contributed by atoms with Crippen LogP contribution in [0.2, 0.25) is 0 Å². The average molecular weight is 320 g/mol. The van der Waals surface area contributed by atoms with Crippen LogP contribution in [0.4, 0.5) is 0 Å². The summed E-state index contributed by atoms with van der Waals surface area (Å²) in [6, 6.07) is 15.2. The van der Waals surface area contributed by atoms with Crippen LogP contribution in [0.15, 0.2) is 42.5 Å². The summed E-state index contributed by atoms with van der Waals surface area (Å²) in [7, 11) is 0. The Kier molecular flexibility index (Phi) is 3.49. The fourth-order valence-electron chi connectivity index (χ4n) is 6.69. The molecule has 0 aromatic heterocycles. The maximum Gasteiger partial charge on any atom is 0.0964 e. The van der Waals surface area contributed by atoms with Crippen molar-refractivity contribution in [1.29, 1.82) is 0 Å². The van der Waals surface area contributed by atoms with E-state index in [4.69, 9.17) is 0 Å². The molecule has 126 valence electrons. The molecule has 3 fully saturated rings. The lowest BCUT2D eigenvalue weighted by Crippen LogP contribution is -2.40. The fourth-order valence-corrected chi connectivity index (χ4v) is 6.69. The quantitative estimate of drug-likeness (QED) is 0.719. The molecule has 5 atom stereocenters. The Morgan fingerprint density at radius 1 is 0.708 bits per heavy atom. The molecule has 3 aliphatic carbocycles. The van der Waals surface area contributed by atoms with E-state index >= 15 is 0 Å². The van der Waals surface area contributed by atoms with E-state index in [0.717, 1.165) is 11.8 Å². The topological polar surface area (TPSA) is 20.2 Å². The number of aliphatic hydroxyl groups is 1. The largest absolute Gasteiger partial charge is 0.385 e. The summed E-state index contributed by atoms with van der Waals surface area (Å²) in [6.07, 6.45) is 10.5. The summed E-state index contributed by atoms with van der Waals surface area (Å²) >= 11 is 0. The van der Waals surface area contributed by atoms with Crippen molar-refractivity contribution in [3.05, 3.63) is 48.0 Å². The second-order valence-electron chi connectivity index (χ2n) is 8.46. The third-order valence-electron chi connectivity index (χ3n) is 7.54. The molecule has 3 aliphatic rings. The van der Waals surface area contributed by atoms with Crippen molar-refractivity contribution in [1.82, 2.24) is 0 Å². The maximum absolute atomic E-state index is 12.3. The Balaban J connectivity index is 1.71. The number of hydrogen-bond donors (Lipinski definition) is 1. The molecule has 1 nitrogen and oxygen atoms in total. The average Bonchev–Trinajstić information content (AvgIpc) is 2.92. The van der Waals surface area contributed by atoms with Crippen molar-refractivity contribution in [2.24, 2.45) is 23.7 Å². The molecular formula is C23H28O. The molecule has 0 amide bonds. The highest BCUT2D eigenvalue weighted by Crippen LogP contribution is 2.63. The van der Waals surface area contributed by atoms with Crippen LogP contribution in [0.1, 0.15) is 56.9 Å². The zero-order valence-electron chi connectivity index (χ0n) is 14.5. The van der Waals surface area contributed by atoms with Gasteiger partial charge in [-0.3, -0.25) is 0 Å². The number of fused-ring (bicyclic) bond motifs is 4. The first kappa shape index (κ1) is 15.0. The SMILES string of the molecule is OC1(c2cccc3ccccc23)[C@H]2CCCC[C@@H]2[C@@H]2CCCC[C@@H]21. The zero-order valence-corrected chi connectivity index (χ0v) is 14.5. The second-order valence-corrected chi connectivity index (χ2v) is 8.46. The van der Waals surface area contributed by atoms with Gasteiger partial charge in [0.05, 0.1) is 5.60 Å². The summed E-state index contributed by atoms with van der Waals surface area (Å²) in [4.78, 5) is 0. The number of benzene rings is 2. The predicted octanol–water partition coefficient (Wildman–Crippen LogP) is 5.65. The summed E-state index contributed by atoms with van der Waals surface area (Å²) < 4.78 is 0. The van der Waals surface area contributed by atoms with E-state index in [9.17, 15) is 5.11 Å². The standard InChI is InChI=1S/C23H28O/c24-23(20-15-7-9-16-8-1-2-10-17(16)20)21-13-5-3-11-18(21)19-12-4-6-14-22(19)23/h1-2,7-10,15,18-19,21-22,24H,3-6,11-14H2/t18-,19+,21-,22-,23?/m0/s1. The van der Waals surface area contributed by atoms with E-state index in [1.54, 1.807) is 0 Å². The number of rotatable bonds is 1. The lowest BCUT2D eigenvalue weighted by Gasteiger charge is -2.40. The van der Waals surface area contributed by atoms with Crippen LogP contribution in [0.5, 0.6) is 0 Å². The lowest BCUT2D eigenvalue weighted by atomic mass is 9.69. The lowest BCUT2D eigenvalue weighted by molar-refractivity contribution is -0.0638.